The second-order valence-electron chi connectivity index (χ2n) is 5.29. The number of halogens is 2. The maximum absolute atomic E-state index is 13.3. The molecule has 23 heavy (non-hydrogen) atoms. The first-order valence-corrected chi connectivity index (χ1v) is 7.67. The number of hydrogen-bond donors (Lipinski definition) is 1. The Hall–Kier alpha value is -1.94. The molecule has 0 amide bonds. The van der Waals surface area contributed by atoms with Gasteiger partial charge in [0.25, 0.3) is 5.92 Å². The van der Waals surface area contributed by atoms with Crippen LogP contribution in [0.15, 0.2) is 60.7 Å². The maximum atomic E-state index is 13.3. The van der Waals surface area contributed by atoms with Crippen molar-refractivity contribution < 1.29 is 13.5 Å². The SMILES string of the molecule is C=C/C=C\C(=C/C)C(CCNC)Oc1ccc(C(C)(F)F)cc1. The third-order valence-corrected chi connectivity index (χ3v) is 3.43. The molecule has 1 unspecified atom stereocenters. The number of ether oxygens (including phenoxy) is 1. The Morgan fingerprint density at radius 3 is 2.48 bits per heavy atom. The molecule has 0 saturated heterocycles. The summed E-state index contributed by atoms with van der Waals surface area (Å²) in [4.78, 5) is 0. The van der Waals surface area contributed by atoms with Crippen molar-refractivity contribution in [3.63, 3.8) is 0 Å². The van der Waals surface area contributed by atoms with Crippen LogP contribution in [0.5, 0.6) is 5.75 Å². The number of benzene rings is 1. The minimum atomic E-state index is -2.84. The second-order valence-corrected chi connectivity index (χ2v) is 5.29. The first-order valence-electron chi connectivity index (χ1n) is 7.67. The molecule has 0 aliphatic rings. The van der Waals surface area contributed by atoms with E-state index in [1.165, 1.54) is 12.1 Å². The van der Waals surface area contributed by atoms with Crippen molar-refractivity contribution >= 4 is 0 Å². The normalized spacial score (nSPS) is 14.0. The number of rotatable bonds is 9. The van der Waals surface area contributed by atoms with Gasteiger partial charge in [0.05, 0.1) is 0 Å². The van der Waals surface area contributed by atoms with Crippen molar-refractivity contribution in [2.24, 2.45) is 0 Å². The largest absolute Gasteiger partial charge is 0.486 e. The fraction of sp³-hybridized carbons (Fsp3) is 0.368. The van der Waals surface area contributed by atoms with Crippen molar-refractivity contribution in [3.8, 4) is 5.75 Å². The van der Waals surface area contributed by atoms with Gasteiger partial charge in [0, 0.05) is 18.9 Å². The van der Waals surface area contributed by atoms with E-state index in [-0.39, 0.29) is 11.7 Å². The van der Waals surface area contributed by atoms with Gasteiger partial charge in [0.1, 0.15) is 11.9 Å². The number of nitrogens with one attached hydrogen (secondary N) is 1. The van der Waals surface area contributed by atoms with Crippen LogP contribution in [0.1, 0.15) is 25.8 Å². The van der Waals surface area contributed by atoms with Crippen LogP contribution in [-0.2, 0) is 5.92 Å². The molecule has 0 aliphatic carbocycles. The average Bonchev–Trinajstić information content (AvgIpc) is 2.52. The van der Waals surface area contributed by atoms with Crippen LogP contribution in [0.25, 0.3) is 0 Å². The monoisotopic (exact) mass is 321 g/mol. The highest BCUT2D eigenvalue weighted by Crippen LogP contribution is 2.29. The van der Waals surface area contributed by atoms with Gasteiger partial charge in [-0.2, -0.15) is 0 Å². The van der Waals surface area contributed by atoms with Gasteiger partial charge in [0.2, 0.25) is 0 Å². The summed E-state index contributed by atoms with van der Waals surface area (Å²) in [6, 6.07) is 5.98. The van der Waals surface area contributed by atoms with Crippen LogP contribution in [0.4, 0.5) is 8.78 Å². The molecule has 0 radical (unpaired) electrons. The van der Waals surface area contributed by atoms with Crippen LogP contribution in [-0.4, -0.2) is 19.7 Å². The molecule has 2 nitrogen and oxygen atoms in total. The number of alkyl halides is 2. The van der Waals surface area contributed by atoms with Gasteiger partial charge < -0.3 is 10.1 Å². The molecule has 1 aromatic carbocycles. The van der Waals surface area contributed by atoms with Gasteiger partial charge in [-0.05, 0) is 50.4 Å². The molecule has 0 saturated carbocycles. The molecule has 0 aliphatic heterocycles. The molecule has 126 valence electrons. The zero-order valence-corrected chi connectivity index (χ0v) is 14.0. The molecule has 1 N–H and O–H groups in total. The zero-order valence-electron chi connectivity index (χ0n) is 14.0. The van der Waals surface area contributed by atoms with E-state index in [9.17, 15) is 8.78 Å². The molecule has 1 rings (SSSR count). The lowest BCUT2D eigenvalue weighted by Crippen LogP contribution is -2.24. The van der Waals surface area contributed by atoms with Crippen molar-refractivity contribution in [1.82, 2.24) is 5.32 Å². The fourth-order valence-corrected chi connectivity index (χ4v) is 2.13. The highest BCUT2D eigenvalue weighted by Gasteiger charge is 2.24. The van der Waals surface area contributed by atoms with Crippen molar-refractivity contribution in [2.75, 3.05) is 13.6 Å². The summed E-state index contributed by atoms with van der Waals surface area (Å²) >= 11 is 0. The predicted molar refractivity (Wildman–Crippen MR) is 92.1 cm³/mol. The van der Waals surface area contributed by atoms with Gasteiger partial charge in [-0.25, -0.2) is 8.78 Å². The van der Waals surface area contributed by atoms with Crippen LogP contribution in [0.3, 0.4) is 0 Å². The quantitative estimate of drug-likeness (QED) is 0.657. The lowest BCUT2D eigenvalue weighted by Gasteiger charge is -2.21. The summed E-state index contributed by atoms with van der Waals surface area (Å²) in [5.41, 5.74) is 1.000. The second kappa shape index (κ2) is 9.26. The minimum Gasteiger partial charge on any atom is -0.486 e. The van der Waals surface area contributed by atoms with Crippen LogP contribution in [0.2, 0.25) is 0 Å². The van der Waals surface area contributed by atoms with E-state index in [4.69, 9.17) is 4.74 Å². The summed E-state index contributed by atoms with van der Waals surface area (Å²) in [5, 5.41) is 3.10. The van der Waals surface area contributed by atoms with Crippen LogP contribution < -0.4 is 10.1 Å². The Balaban J connectivity index is 2.92. The van der Waals surface area contributed by atoms with Crippen molar-refractivity contribution in [3.05, 3.63) is 66.3 Å². The van der Waals surface area contributed by atoms with Gasteiger partial charge in [0.15, 0.2) is 0 Å². The highest BCUT2D eigenvalue weighted by atomic mass is 19.3. The van der Waals surface area contributed by atoms with E-state index in [2.05, 4.69) is 11.9 Å². The lowest BCUT2D eigenvalue weighted by atomic mass is 10.1. The maximum Gasteiger partial charge on any atom is 0.270 e. The molecule has 0 bridgehead atoms. The topological polar surface area (TPSA) is 21.3 Å². The van der Waals surface area contributed by atoms with E-state index in [1.807, 2.05) is 32.2 Å². The third kappa shape index (κ3) is 6.37. The van der Waals surface area contributed by atoms with E-state index in [1.54, 1.807) is 18.2 Å². The summed E-state index contributed by atoms with van der Waals surface area (Å²) in [6.07, 6.45) is 8.10. The van der Waals surface area contributed by atoms with Crippen LogP contribution in [0, 0.1) is 0 Å². The molecule has 4 heteroatoms. The predicted octanol–water partition coefficient (Wildman–Crippen LogP) is 4.84. The summed E-state index contributed by atoms with van der Waals surface area (Å²) in [5.74, 6) is -2.27. The average molecular weight is 321 g/mol. The fourth-order valence-electron chi connectivity index (χ4n) is 2.13. The Bertz CT molecular complexity index is 541. The lowest BCUT2D eigenvalue weighted by molar-refractivity contribution is 0.0174. The van der Waals surface area contributed by atoms with E-state index in [0.717, 1.165) is 25.5 Å². The summed E-state index contributed by atoms with van der Waals surface area (Å²) in [7, 11) is 1.88. The molecule has 0 heterocycles. The van der Waals surface area contributed by atoms with Crippen molar-refractivity contribution in [1.29, 1.82) is 0 Å². The Morgan fingerprint density at radius 1 is 1.35 bits per heavy atom. The number of hydrogen-bond acceptors (Lipinski definition) is 2. The van der Waals surface area contributed by atoms with Gasteiger partial charge >= 0.3 is 0 Å². The first kappa shape index (κ1) is 19.1. The Morgan fingerprint density at radius 2 is 2.00 bits per heavy atom. The van der Waals surface area contributed by atoms with E-state index < -0.39 is 5.92 Å². The highest BCUT2D eigenvalue weighted by molar-refractivity contribution is 5.32. The minimum absolute atomic E-state index is 0.0190. The van der Waals surface area contributed by atoms with Gasteiger partial charge in [-0.3, -0.25) is 0 Å². The molecular formula is C19H25F2NO. The van der Waals surface area contributed by atoms with Crippen LogP contribution >= 0.6 is 0 Å². The first-order chi connectivity index (χ1) is 10.9. The Labute approximate surface area is 137 Å². The summed E-state index contributed by atoms with van der Waals surface area (Å²) < 4.78 is 32.5. The molecular weight excluding hydrogens is 296 g/mol. The van der Waals surface area contributed by atoms with Gasteiger partial charge in [-0.15, -0.1) is 0 Å². The molecule has 0 fully saturated rings. The smallest absolute Gasteiger partial charge is 0.270 e. The van der Waals surface area contributed by atoms with Crippen molar-refractivity contribution in [2.45, 2.75) is 32.3 Å². The molecule has 1 aromatic rings. The molecule has 1 atom stereocenters. The van der Waals surface area contributed by atoms with E-state index >= 15 is 0 Å². The standard InChI is InChI=1S/C19H25F2NO/c1-5-7-8-15(6-2)18(13-14-22-4)23-17-11-9-16(10-12-17)19(3,20)21/h5-12,18,22H,1,13-14H2,2-4H3/b8-7-,15-6+. The molecule has 0 aromatic heterocycles. The molecule has 0 spiro atoms. The third-order valence-electron chi connectivity index (χ3n) is 3.43. The summed E-state index contributed by atoms with van der Waals surface area (Å²) in [6.45, 7) is 7.28. The number of allylic oxidation sites excluding steroid dienone is 3. The van der Waals surface area contributed by atoms with E-state index in [0.29, 0.717) is 5.75 Å². The Kier molecular flexibility index (Phi) is 7.69. The zero-order chi connectivity index (χ0) is 17.3. The van der Waals surface area contributed by atoms with Gasteiger partial charge in [-0.1, -0.05) is 30.9 Å².